The van der Waals surface area contributed by atoms with Gasteiger partial charge in [-0.15, -0.1) is 0 Å². The fourth-order valence-electron chi connectivity index (χ4n) is 4.11. The number of aliphatic hydroxyl groups is 2. The zero-order valence-electron chi connectivity index (χ0n) is 17.9. The maximum absolute atomic E-state index is 10.1. The first-order valence-corrected chi connectivity index (χ1v) is 10.8. The standard InChI is InChI=1S/C22H46O3/c1-7-11-13-15-21(9-3,17-19(5)23)25-22(10-4,18-20(6)24)16-14-12-8-2/h19-20,23-24H,7-18H2,1-6H3. The molecule has 4 atom stereocenters. The van der Waals surface area contributed by atoms with Gasteiger partial charge in [0, 0.05) is 12.8 Å². The number of rotatable bonds is 16. The fraction of sp³-hybridized carbons (Fsp3) is 1.00. The minimum absolute atomic E-state index is 0.277. The number of aliphatic hydroxyl groups excluding tert-OH is 2. The molecule has 3 nitrogen and oxygen atoms in total. The van der Waals surface area contributed by atoms with E-state index in [1.54, 1.807) is 0 Å². The van der Waals surface area contributed by atoms with Crippen LogP contribution in [0.25, 0.3) is 0 Å². The molecule has 2 N–H and O–H groups in total. The van der Waals surface area contributed by atoms with Gasteiger partial charge in [-0.1, -0.05) is 66.2 Å². The fourth-order valence-corrected chi connectivity index (χ4v) is 4.11. The van der Waals surface area contributed by atoms with Crippen LogP contribution in [-0.2, 0) is 4.74 Å². The Bertz CT molecular complexity index is 286. The summed E-state index contributed by atoms with van der Waals surface area (Å²) in [4.78, 5) is 0. The topological polar surface area (TPSA) is 49.7 Å². The molecule has 0 aliphatic carbocycles. The quantitative estimate of drug-likeness (QED) is 0.332. The number of ether oxygens (including phenoxy) is 1. The van der Waals surface area contributed by atoms with E-state index >= 15 is 0 Å². The summed E-state index contributed by atoms with van der Waals surface area (Å²) in [5.74, 6) is 0. The summed E-state index contributed by atoms with van der Waals surface area (Å²) >= 11 is 0. The Hall–Kier alpha value is -0.120. The van der Waals surface area contributed by atoms with Gasteiger partial charge in [0.1, 0.15) is 0 Å². The highest BCUT2D eigenvalue weighted by atomic mass is 16.5. The minimum Gasteiger partial charge on any atom is -0.393 e. The van der Waals surface area contributed by atoms with Gasteiger partial charge >= 0.3 is 0 Å². The van der Waals surface area contributed by atoms with Crippen molar-refractivity contribution in [2.45, 2.75) is 142 Å². The summed E-state index contributed by atoms with van der Waals surface area (Å²) in [6, 6.07) is 0. The van der Waals surface area contributed by atoms with Crippen LogP contribution in [0.5, 0.6) is 0 Å². The van der Waals surface area contributed by atoms with E-state index < -0.39 is 0 Å². The first-order chi connectivity index (χ1) is 11.8. The van der Waals surface area contributed by atoms with E-state index in [4.69, 9.17) is 4.74 Å². The largest absolute Gasteiger partial charge is 0.393 e. The molecule has 0 fully saturated rings. The number of unbranched alkanes of at least 4 members (excludes halogenated alkanes) is 4. The molecule has 0 aromatic heterocycles. The van der Waals surface area contributed by atoms with Gasteiger partial charge < -0.3 is 14.9 Å². The van der Waals surface area contributed by atoms with Gasteiger partial charge in [-0.25, -0.2) is 0 Å². The summed E-state index contributed by atoms with van der Waals surface area (Å²) in [7, 11) is 0. The van der Waals surface area contributed by atoms with Crippen LogP contribution in [-0.4, -0.2) is 33.6 Å². The zero-order chi connectivity index (χ0) is 19.3. The van der Waals surface area contributed by atoms with E-state index in [0.717, 1.165) is 38.5 Å². The first-order valence-electron chi connectivity index (χ1n) is 10.8. The van der Waals surface area contributed by atoms with E-state index in [0.29, 0.717) is 12.8 Å². The van der Waals surface area contributed by atoms with E-state index in [1.165, 1.54) is 25.7 Å². The highest BCUT2D eigenvalue weighted by molar-refractivity contribution is 4.90. The summed E-state index contributed by atoms with van der Waals surface area (Å²) in [6.45, 7) is 12.5. The Balaban J connectivity index is 5.42. The van der Waals surface area contributed by atoms with Crippen LogP contribution in [0.15, 0.2) is 0 Å². The molecule has 3 heteroatoms. The highest BCUT2D eigenvalue weighted by Gasteiger charge is 2.40. The lowest BCUT2D eigenvalue weighted by Crippen LogP contribution is -2.47. The second-order valence-corrected chi connectivity index (χ2v) is 8.20. The van der Waals surface area contributed by atoms with Crippen LogP contribution in [0.1, 0.15) is 119 Å². The Morgan fingerprint density at radius 3 is 1.28 bits per heavy atom. The molecule has 0 bridgehead atoms. The van der Waals surface area contributed by atoms with Crippen molar-refractivity contribution in [2.24, 2.45) is 0 Å². The molecule has 0 aromatic carbocycles. The molecule has 0 spiro atoms. The second-order valence-electron chi connectivity index (χ2n) is 8.20. The van der Waals surface area contributed by atoms with E-state index in [1.807, 2.05) is 13.8 Å². The lowest BCUT2D eigenvalue weighted by Gasteiger charge is -2.45. The van der Waals surface area contributed by atoms with Crippen LogP contribution in [0.4, 0.5) is 0 Å². The van der Waals surface area contributed by atoms with E-state index in [9.17, 15) is 10.2 Å². The van der Waals surface area contributed by atoms with Gasteiger partial charge in [-0.2, -0.15) is 0 Å². The lowest BCUT2D eigenvalue weighted by molar-refractivity contribution is -0.191. The molecular weight excluding hydrogens is 312 g/mol. The van der Waals surface area contributed by atoms with Gasteiger partial charge in [0.15, 0.2) is 0 Å². The Morgan fingerprint density at radius 1 is 0.680 bits per heavy atom. The molecule has 0 saturated heterocycles. The van der Waals surface area contributed by atoms with Gasteiger partial charge in [0.25, 0.3) is 0 Å². The summed E-state index contributed by atoms with van der Waals surface area (Å²) < 4.78 is 6.92. The third-order valence-corrected chi connectivity index (χ3v) is 5.53. The number of hydrogen-bond donors (Lipinski definition) is 2. The van der Waals surface area contributed by atoms with Crippen molar-refractivity contribution in [2.75, 3.05) is 0 Å². The molecule has 0 amide bonds. The summed E-state index contributed by atoms with van der Waals surface area (Å²) in [6.07, 6.45) is 11.5. The SMILES string of the molecule is CCCCCC(CC)(CC(C)O)OC(CC)(CCCCC)CC(C)O. The van der Waals surface area contributed by atoms with Crippen molar-refractivity contribution >= 4 is 0 Å². The van der Waals surface area contributed by atoms with Crippen molar-refractivity contribution in [3.05, 3.63) is 0 Å². The zero-order valence-corrected chi connectivity index (χ0v) is 17.9. The lowest BCUT2D eigenvalue weighted by atomic mass is 9.82. The van der Waals surface area contributed by atoms with Gasteiger partial charge in [0.05, 0.1) is 23.4 Å². The van der Waals surface area contributed by atoms with E-state index in [2.05, 4.69) is 27.7 Å². The Morgan fingerprint density at radius 2 is 1.04 bits per heavy atom. The molecule has 0 aliphatic rings. The molecule has 0 saturated carbocycles. The highest BCUT2D eigenvalue weighted by Crippen LogP contribution is 2.40. The molecule has 0 rings (SSSR count). The average molecular weight is 359 g/mol. The molecule has 0 aromatic rings. The molecule has 0 aliphatic heterocycles. The molecule has 152 valence electrons. The molecule has 4 unspecified atom stereocenters. The minimum atomic E-state index is -0.363. The summed E-state index contributed by atoms with van der Waals surface area (Å²) in [5, 5.41) is 20.2. The molecule has 25 heavy (non-hydrogen) atoms. The maximum atomic E-state index is 10.1. The number of hydrogen-bond acceptors (Lipinski definition) is 3. The third-order valence-electron chi connectivity index (χ3n) is 5.53. The first kappa shape index (κ1) is 24.9. The Labute approximate surface area is 157 Å². The van der Waals surface area contributed by atoms with Crippen LogP contribution < -0.4 is 0 Å². The van der Waals surface area contributed by atoms with Crippen molar-refractivity contribution < 1.29 is 14.9 Å². The van der Waals surface area contributed by atoms with Gasteiger partial charge in [-0.3, -0.25) is 0 Å². The normalized spacial score (nSPS) is 19.2. The molecule has 0 radical (unpaired) electrons. The van der Waals surface area contributed by atoms with Crippen molar-refractivity contribution in [1.82, 2.24) is 0 Å². The van der Waals surface area contributed by atoms with Crippen molar-refractivity contribution in [3.63, 3.8) is 0 Å². The predicted octanol–water partition coefficient (Wildman–Crippen LogP) is 6.00. The van der Waals surface area contributed by atoms with Crippen LogP contribution in [0.3, 0.4) is 0 Å². The molecular formula is C22H46O3. The van der Waals surface area contributed by atoms with Crippen LogP contribution >= 0.6 is 0 Å². The molecule has 0 heterocycles. The Kier molecular flexibility index (Phi) is 13.0. The second kappa shape index (κ2) is 13.1. The monoisotopic (exact) mass is 358 g/mol. The summed E-state index contributed by atoms with van der Waals surface area (Å²) in [5.41, 5.74) is -0.555. The van der Waals surface area contributed by atoms with Crippen LogP contribution in [0.2, 0.25) is 0 Å². The smallest absolute Gasteiger partial charge is 0.0712 e. The average Bonchev–Trinajstić information content (AvgIpc) is 2.54. The van der Waals surface area contributed by atoms with Gasteiger partial charge in [-0.05, 0) is 39.5 Å². The van der Waals surface area contributed by atoms with Crippen molar-refractivity contribution in [3.8, 4) is 0 Å². The van der Waals surface area contributed by atoms with E-state index in [-0.39, 0.29) is 23.4 Å². The maximum Gasteiger partial charge on any atom is 0.0712 e. The van der Waals surface area contributed by atoms with Crippen molar-refractivity contribution in [1.29, 1.82) is 0 Å². The van der Waals surface area contributed by atoms with Gasteiger partial charge in [0.2, 0.25) is 0 Å². The van der Waals surface area contributed by atoms with Crippen LogP contribution in [0, 0.1) is 0 Å². The third kappa shape index (κ3) is 9.96. The predicted molar refractivity (Wildman–Crippen MR) is 108 cm³/mol.